The molecule has 1 amide bonds. The van der Waals surface area contributed by atoms with E-state index in [0.29, 0.717) is 31.1 Å². The summed E-state index contributed by atoms with van der Waals surface area (Å²) in [5.41, 5.74) is 0.592. The lowest BCUT2D eigenvalue weighted by molar-refractivity contribution is 0.0746. The van der Waals surface area contributed by atoms with Crippen LogP contribution in [0, 0.1) is 0 Å². The lowest BCUT2D eigenvalue weighted by Crippen LogP contribution is -2.49. The monoisotopic (exact) mass is 302 g/mol. The van der Waals surface area contributed by atoms with Gasteiger partial charge in [-0.25, -0.2) is 0 Å². The molecule has 1 saturated heterocycles. The van der Waals surface area contributed by atoms with E-state index in [9.17, 15) is 4.79 Å². The molecule has 2 aromatic rings. The van der Waals surface area contributed by atoms with Gasteiger partial charge in [0.05, 0.1) is 18.4 Å². The number of H-pyrrole nitrogens is 1. The Labute approximate surface area is 128 Å². The summed E-state index contributed by atoms with van der Waals surface area (Å²) in [4.78, 5) is 16.2. The van der Waals surface area contributed by atoms with Gasteiger partial charge in [0.25, 0.3) is 5.91 Å². The summed E-state index contributed by atoms with van der Waals surface area (Å²) in [6.07, 6.45) is 3.17. The molecule has 0 radical (unpaired) electrons. The summed E-state index contributed by atoms with van der Waals surface area (Å²) in [6, 6.07) is 3.71. The van der Waals surface area contributed by atoms with Gasteiger partial charge in [0.2, 0.25) is 5.88 Å². The number of aromatic amines is 1. The second kappa shape index (κ2) is 6.42. The van der Waals surface area contributed by atoms with Gasteiger partial charge in [-0.3, -0.25) is 9.89 Å². The van der Waals surface area contributed by atoms with E-state index in [0.717, 1.165) is 18.9 Å². The molecule has 0 bridgehead atoms. The highest BCUT2D eigenvalue weighted by atomic mass is 16.5. The molecule has 8 heteroatoms. The number of aromatic nitrogens is 4. The zero-order valence-electron chi connectivity index (χ0n) is 12.4. The van der Waals surface area contributed by atoms with E-state index < -0.39 is 0 Å². The Bertz CT molecular complexity index is 605. The molecular formula is C14H18N6O2. The minimum atomic E-state index is 0.00572. The van der Waals surface area contributed by atoms with Crippen molar-refractivity contribution in [2.45, 2.75) is 6.92 Å². The average Bonchev–Trinajstić information content (AvgIpc) is 3.10. The Kier molecular flexibility index (Phi) is 4.17. The molecule has 8 nitrogen and oxygen atoms in total. The summed E-state index contributed by atoms with van der Waals surface area (Å²) in [5.74, 6) is 1.34. The topological polar surface area (TPSA) is 87.2 Å². The highest BCUT2D eigenvalue weighted by Crippen LogP contribution is 2.16. The van der Waals surface area contributed by atoms with Gasteiger partial charge < -0.3 is 14.5 Å². The van der Waals surface area contributed by atoms with E-state index in [1.54, 1.807) is 12.4 Å². The maximum atomic E-state index is 12.2. The van der Waals surface area contributed by atoms with E-state index >= 15 is 0 Å². The fourth-order valence-electron chi connectivity index (χ4n) is 2.40. The first kappa shape index (κ1) is 14.3. The van der Waals surface area contributed by atoms with E-state index in [1.807, 2.05) is 24.0 Å². The van der Waals surface area contributed by atoms with Crippen LogP contribution in [0.5, 0.6) is 5.88 Å². The quantitative estimate of drug-likeness (QED) is 0.888. The molecule has 0 saturated carbocycles. The first-order valence-electron chi connectivity index (χ1n) is 7.27. The van der Waals surface area contributed by atoms with Crippen molar-refractivity contribution in [2.24, 2.45) is 0 Å². The summed E-state index contributed by atoms with van der Waals surface area (Å²) >= 11 is 0. The number of carbonyl (C=O) groups is 1. The van der Waals surface area contributed by atoms with Crippen LogP contribution < -0.4 is 9.64 Å². The largest absolute Gasteiger partial charge is 0.477 e. The number of ether oxygens (including phenoxy) is 1. The average molecular weight is 302 g/mol. The van der Waals surface area contributed by atoms with Crippen LogP contribution in [0.15, 0.2) is 24.5 Å². The Morgan fingerprint density at radius 3 is 2.68 bits per heavy atom. The second-order valence-corrected chi connectivity index (χ2v) is 4.93. The van der Waals surface area contributed by atoms with Gasteiger partial charge in [-0.15, -0.1) is 10.2 Å². The molecular weight excluding hydrogens is 284 g/mol. The number of rotatable bonds is 4. The van der Waals surface area contributed by atoms with Crippen LogP contribution in [-0.2, 0) is 0 Å². The highest BCUT2D eigenvalue weighted by Gasteiger charge is 2.23. The normalized spacial score (nSPS) is 15.0. The van der Waals surface area contributed by atoms with Crippen LogP contribution in [0.1, 0.15) is 17.3 Å². The van der Waals surface area contributed by atoms with Gasteiger partial charge in [0.15, 0.2) is 5.82 Å². The number of nitrogens with one attached hydrogen (secondary N) is 1. The van der Waals surface area contributed by atoms with Crippen molar-refractivity contribution in [2.75, 3.05) is 37.7 Å². The van der Waals surface area contributed by atoms with E-state index in [1.165, 1.54) is 0 Å². The van der Waals surface area contributed by atoms with E-state index in [2.05, 4.69) is 25.3 Å². The minimum absolute atomic E-state index is 0.00572. The van der Waals surface area contributed by atoms with Crippen LogP contribution in [0.2, 0.25) is 0 Å². The van der Waals surface area contributed by atoms with Gasteiger partial charge in [0.1, 0.15) is 0 Å². The number of amides is 1. The summed E-state index contributed by atoms with van der Waals surface area (Å²) in [5, 5.41) is 14.7. The molecule has 0 aromatic carbocycles. The lowest BCUT2D eigenvalue weighted by atomic mass is 10.2. The first-order chi connectivity index (χ1) is 10.8. The fourth-order valence-corrected chi connectivity index (χ4v) is 2.40. The fraction of sp³-hybridized carbons (Fsp3) is 0.429. The molecule has 0 aliphatic carbocycles. The van der Waals surface area contributed by atoms with Crippen LogP contribution in [0.25, 0.3) is 0 Å². The molecule has 2 aromatic heterocycles. The molecule has 0 spiro atoms. The Hall–Kier alpha value is -2.64. The third-order valence-electron chi connectivity index (χ3n) is 3.55. The van der Waals surface area contributed by atoms with Crippen molar-refractivity contribution < 1.29 is 9.53 Å². The predicted octanol–water partition coefficient (Wildman–Crippen LogP) is 0.561. The molecule has 3 heterocycles. The number of carbonyl (C=O) groups excluding carboxylic acids is 1. The molecule has 1 aliphatic rings. The van der Waals surface area contributed by atoms with Crippen molar-refractivity contribution in [1.82, 2.24) is 25.3 Å². The van der Waals surface area contributed by atoms with Gasteiger partial charge in [-0.2, -0.15) is 5.10 Å². The van der Waals surface area contributed by atoms with Crippen molar-refractivity contribution in [3.05, 3.63) is 30.1 Å². The number of anilines is 1. The first-order valence-corrected chi connectivity index (χ1v) is 7.27. The number of nitrogens with zero attached hydrogens (tertiary/aromatic N) is 5. The van der Waals surface area contributed by atoms with Gasteiger partial charge in [-0.05, 0) is 13.0 Å². The van der Waals surface area contributed by atoms with Gasteiger partial charge >= 0.3 is 0 Å². The highest BCUT2D eigenvalue weighted by molar-refractivity contribution is 5.93. The summed E-state index contributed by atoms with van der Waals surface area (Å²) in [6.45, 7) is 5.24. The minimum Gasteiger partial charge on any atom is -0.477 e. The Morgan fingerprint density at radius 2 is 2.09 bits per heavy atom. The van der Waals surface area contributed by atoms with E-state index in [-0.39, 0.29) is 5.91 Å². The molecule has 1 aliphatic heterocycles. The number of hydrogen-bond donors (Lipinski definition) is 1. The zero-order valence-corrected chi connectivity index (χ0v) is 12.4. The van der Waals surface area contributed by atoms with Crippen LogP contribution >= 0.6 is 0 Å². The standard InChI is InChI=1S/C14H18N6O2/c1-2-22-13-4-3-12(17-18-13)19-5-7-20(8-6-19)14(21)11-9-15-16-10-11/h3-4,9-10H,2,5-8H2,1H3,(H,15,16). The van der Waals surface area contributed by atoms with E-state index in [4.69, 9.17) is 4.74 Å². The third-order valence-corrected chi connectivity index (χ3v) is 3.55. The van der Waals surface area contributed by atoms with Crippen molar-refractivity contribution in [3.63, 3.8) is 0 Å². The Morgan fingerprint density at radius 1 is 1.27 bits per heavy atom. The molecule has 1 N–H and O–H groups in total. The molecule has 0 unspecified atom stereocenters. The SMILES string of the molecule is CCOc1ccc(N2CCN(C(=O)c3cn[nH]c3)CC2)nn1. The van der Waals surface area contributed by atoms with Crippen LogP contribution in [-0.4, -0.2) is 64.0 Å². The van der Waals surface area contributed by atoms with Crippen molar-refractivity contribution in [3.8, 4) is 5.88 Å². The molecule has 1 fully saturated rings. The second-order valence-electron chi connectivity index (χ2n) is 4.93. The molecule has 116 valence electrons. The lowest BCUT2D eigenvalue weighted by Gasteiger charge is -2.35. The molecule has 22 heavy (non-hydrogen) atoms. The summed E-state index contributed by atoms with van der Waals surface area (Å²) in [7, 11) is 0. The maximum absolute atomic E-state index is 12.2. The third kappa shape index (κ3) is 3.00. The number of hydrogen-bond acceptors (Lipinski definition) is 6. The van der Waals surface area contributed by atoms with Crippen molar-refractivity contribution in [1.29, 1.82) is 0 Å². The Balaban J connectivity index is 1.58. The smallest absolute Gasteiger partial charge is 0.257 e. The maximum Gasteiger partial charge on any atom is 0.257 e. The predicted molar refractivity (Wildman–Crippen MR) is 79.9 cm³/mol. The summed E-state index contributed by atoms with van der Waals surface area (Å²) < 4.78 is 5.28. The zero-order chi connectivity index (χ0) is 15.4. The van der Waals surface area contributed by atoms with Crippen LogP contribution in [0.3, 0.4) is 0 Å². The van der Waals surface area contributed by atoms with Crippen LogP contribution in [0.4, 0.5) is 5.82 Å². The molecule has 0 atom stereocenters. The van der Waals surface area contributed by atoms with Gasteiger partial charge in [-0.1, -0.05) is 0 Å². The number of piperazine rings is 1. The van der Waals surface area contributed by atoms with Gasteiger partial charge in [0, 0.05) is 38.4 Å². The van der Waals surface area contributed by atoms with Crippen molar-refractivity contribution >= 4 is 11.7 Å². The molecule has 3 rings (SSSR count).